The molecule has 1 rings (SSSR count). The van der Waals surface area contributed by atoms with Crippen molar-refractivity contribution in [2.45, 2.75) is 19.6 Å². The molecule has 0 heterocycles. The molecule has 0 aromatic heterocycles. The molecule has 1 aromatic rings. The molecule has 12 heavy (non-hydrogen) atoms. The van der Waals surface area contributed by atoms with Crippen LogP contribution in [0.1, 0.15) is 5.56 Å². The van der Waals surface area contributed by atoms with Crippen molar-refractivity contribution in [1.82, 2.24) is 0 Å². The third kappa shape index (κ3) is 3.48. The van der Waals surface area contributed by atoms with Crippen LogP contribution in [-0.2, 0) is 4.11 Å². The molecule has 0 N–H and O–H groups in total. The fourth-order valence-corrected chi connectivity index (χ4v) is 1.14. The molecular weight excluding hydrogens is 164 g/mol. The van der Waals surface area contributed by atoms with Gasteiger partial charge in [-0.05, 0) is 0 Å². The highest BCUT2D eigenvalue weighted by atomic mass is 28.4. The van der Waals surface area contributed by atoms with Gasteiger partial charge in [0, 0.05) is 19.6 Å². The van der Waals surface area contributed by atoms with Gasteiger partial charge in [-0.2, -0.15) is 12.1 Å². The van der Waals surface area contributed by atoms with E-state index in [0.29, 0.717) is 0 Å². The molecule has 2 heteroatoms. The van der Waals surface area contributed by atoms with Gasteiger partial charge in [-0.25, -0.2) is 0 Å². The van der Waals surface area contributed by atoms with Gasteiger partial charge in [0.05, 0.1) is 0 Å². The summed E-state index contributed by atoms with van der Waals surface area (Å²) in [5.74, 6) is 0. The van der Waals surface area contributed by atoms with Gasteiger partial charge in [0.2, 0.25) is 6.29 Å². The molecule has 0 amide bonds. The molecular formula is C10H14OSi. The average Bonchev–Trinajstić information content (AvgIpc) is 2.02. The van der Waals surface area contributed by atoms with Crippen molar-refractivity contribution in [3.63, 3.8) is 0 Å². The van der Waals surface area contributed by atoms with Crippen LogP contribution < -0.4 is 0 Å². The smallest absolute Gasteiger partial charge is 0.433 e. The zero-order valence-electron chi connectivity index (χ0n) is 7.79. The van der Waals surface area contributed by atoms with Crippen molar-refractivity contribution in [3.05, 3.63) is 35.9 Å². The molecule has 0 atom stereocenters. The van der Waals surface area contributed by atoms with Crippen LogP contribution >= 0.6 is 0 Å². The van der Waals surface area contributed by atoms with Gasteiger partial charge in [-0.1, -0.05) is 11.6 Å². The summed E-state index contributed by atoms with van der Waals surface area (Å²) in [6, 6.07) is 9.92. The Labute approximate surface area is 74.9 Å². The topological polar surface area (TPSA) is 11.3 Å². The van der Waals surface area contributed by atoms with E-state index in [4.69, 9.17) is 4.11 Å². The molecule has 0 bridgehead atoms. The number of carbonyl (C=O) groups excluding carboxylic acids is 1. The van der Waals surface area contributed by atoms with E-state index in [1.54, 1.807) is 0 Å². The van der Waals surface area contributed by atoms with Crippen molar-refractivity contribution in [1.29, 1.82) is 0 Å². The normalized spacial score (nSPS) is 12.2. The van der Waals surface area contributed by atoms with Gasteiger partial charge in [0.15, 0.2) is 0 Å². The molecule has 0 aliphatic rings. The van der Waals surface area contributed by atoms with Crippen molar-refractivity contribution in [2.24, 2.45) is 0 Å². The number of benzene rings is 1. The van der Waals surface area contributed by atoms with Crippen molar-refractivity contribution in [2.75, 3.05) is 0 Å². The Morgan fingerprint density at radius 1 is 1.08 bits per heavy atom. The van der Waals surface area contributed by atoms with E-state index in [9.17, 15) is 0 Å². The lowest BCUT2D eigenvalue weighted by atomic mass is 10.2. The Morgan fingerprint density at radius 3 is 2.17 bits per heavy atom. The van der Waals surface area contributed by atoms with E-state index in [1.165, 1.54) is 0 Å². The summed E-state index contributed by atoms with van der Waals surface area (Å²) in [6.45, 7) is 6.43. The van der Waals surface area contributed by atoms with Gasteiger partial charge < -0.3 is 4.11 Å². The quantitative estimate of drug-likeness (QED) is 0.374. The Morgan fingerprint density at radius 2 is 1.67 bits per heavy atom. The highest BCUT2D eigenvalue weighted by Crippen LogP contribution is 1.98. The van der Waals surface area contributed by atoms with Gasteiger partial charge in [0.1, 0.15) is 0 Å². The molecule has 0 saturated carbocycles. The van der Waals surface area contributed by atoms with Crippen LogP contribution in [0.2, 0.25) is 19.6 Å². The maximum Gasteiger partial charge on any atom is 0.491 e. The van der Waals surface area contributed by atoms with E-state index in [2.05, 4.69) is 25.9 Å². The van der Waals surface area contributed by atoms with Gasteiger partial charge in [0.25, 0.3) is 0 Å². The SMILES string of the molecule is C[Si](C)(C)[O+]=[C-]c1ccccc1. The van der Waals surface area contributed by atoms with E-state index in [0.717, 1.165) is 5.56 Å². The second-order valence-electron chi connectivity index (χ2n) is 3.68. The molecule has 1 nitrogen and oxygen atoms in total. The van der Waals surface area contributed by atoms with Crippen molar-refractivity contribution in [3.8, 4) is 0 Å². The lowest BCUT2D eigenvalue weighted by Gasteiger charge is -1.97. The predicted molar refractivity (Wildman–Crippen MR) is 54.6 cm³/mol. The van der Waals surface area contributed by atoms with Crippen molar-refractivity contribution < 1.29 is 4.11 Å². The zero-order chi connectivity index (χ0) is 9.03. The third-order valence-electron chi connectivity index (χ3n) is 1.25. The number of hydrogen-bond acceptors (Lipinski definition) is 0. The maximum atomic E-state index is 5.50. The first-order valence-electron chi connectivity index (χ1n) is 4.07. The molecule has 0 saturated heterocycles. The fraction of sp³-hybridized carbons (Fsp3) is 0.300. The minimum Gasteiger partial charge on any atom is -0.433 e. The zero-order valence-corrected chi connectivity index (χ0v) is 8.79. The summed E-state index contributed by atoms with van der Waals surface area (Å²) >= 11 is 0. The largest absolute Gasteiger partial charge is 0.491 e. The Bertz CT molecular complexity index is 259. The molecule has 64 valence electrons. The second-order valence-corrected chi connectivity index (χ2v) is 8.11. The fourth-order valence-electron chi connectivity index (χ4n) is 0.718. The molecule has 0 radical (unpaired) electrons. The van der Waals surface area contributed by atoms with Crippen LogP contribution in [0.5, 0.6) is 0 Å². The Kier molecular flexibility index (Phi) is 2.81. The molecule has 0 aliphatic heterocycles. The average molecular weight is 178 g/mol. The highest BCUT2D eigenvalue weighted by molar-refractivity contribution is 6.68. The summed E-state index contributed by atoms with van der Waals surface area (Å²) in [5, 5.41) is 0. The minimum atomic E-state index is -1.45. The van der Waals surface area contributed by atoms with Crippen LogP contribution in [0.4, 0.5) is 0 Å². The van der Waals surface area contributed by atoms with E-state index in [1.807, 2.05) is 30.3 Å². The first-order valence-corrected chi connectivity index (χ1v) is 7.48. The first kappa shape index (κ1) is 9.20. The molecule has 0 fully saturated rings. The van der Waals surface area contributed by atoms with Crippen LogP contribution in [0.3, 0.4) is 0 Å². The monoisotopic (exact) mass is 178 g/mol. The van der Waals surface area contributed by atoms with Gasteiger partial charge >= 0.3 is 8.32 Å². The van der Waals surface area contributed by atoms with Gasteiger partial charge in [-0.3, -0.25) is 0 Å². The summed E-state index contributed by atoms with van der Waals surface area (Å²) in [7, 11) is -1.45. The molecule has 1 aromatic carbocycles. The molecule has 0 spiro atoms. The maximum absolute atomic E-state index is 5.50. The van der Waals surface area contributed by atoms with Gasteiger partial charge in [-0.15, -0.1) is 12.1 Å². The summed E-state index contributed by atoms with van der Waals surface area (Å²) in [6.07, 6.45) is 2.95. The Hall–Kier alpha value is -0.893. The first-order chi connectivity index (χ1) is 5.58. The summed E-state index contributed by atoms with van der Waals surface area (Å²) < 4.78 is 5.50. The highest BCUT2D eigenvalue weighted by Gasteiger charge is 2.26. The van der Waals surface area contributed by atoms with E-state index < -0.39 is 8.32 Å². The lowest BCUT2D eigenvalue weighted by Crippen LogP contribution is -2.20. The standard InChI is InChI=1S/C10H14OSi/c1-12(2,3)11-9-10-7-5-4-6-8-10/h4-8H,1-3H3. The van der Waals surface area contributed by atoms with Crippen LogP contribution in [0.15, 0.2) is 30.3 Å². The number of hydrogen-bond donors (Lipinski definition) is 0. The molecule has 0 unspecified atom stereocenters. The van der Waals surface area contributed by atoms with E-state index >= 15 is 0 Å². The van der Waals surface area contributed by atoms with Crippen LogP contribution in [0, 0.1) is 0 Å². The number of rotatable bonds is 2. The van der Waals surface area contributed by atoms with Crippen LogP contribution in [0.25, 0.3) is 0 Å². The summed E-state index contributed by atoms with van der Waals surface area (Å²) in [4.78, 5) is 0. The predicted octanol–water partition coefficient (Wildman–Crippen LogP) is 2.52. The third-order valence-corrected chi connectivity index (χ3v) is 1.96. The van der Waals surface area contributed by atoms with E-state index in [-0.39, 0.29) is 0 Å². The van der Waals surface area contributed by atoms with Crippen molar-refractivity contribution >= 4 is 14.6 Å². The summed E-state index contributed by atoms with van der Waals surface area (Å²) in [5.41, 5.74) is 1.01. The lowest BCUT2D eigenvalue weighted by molar-refractivity contribution is 0.330. The second kappa shape index (κ2) is 3.67. The van der Waals surface area contributed by atoms with Crippen LogP contribution in [-0.4, -0.2) is 14.6 Å². The Balaban J connectivity index is 2.71. The minimum absolute atomic E-state index is 1.01. The molecule has 0 aliphatic carbocycles.